The van der Waals surface area contributed by atoms with Gasteiger partial charge in [0.15, 0.2) is 0 Å². The smallest absolute Gasteiger partial charge is 0.0492 e. The molecule has 1 heterocycles. The molecule has 0 aliphatic heterocycles. The molecular formula is C14H19N3. The van der Waals surface area contributed by atoms with Gasteiger partial charge in [-0.25, -0.2) is 0 Å². The maximum atomic E-state index is 5.73. The van der Waals surface area contributed by atoms with E-state index in [1.807, 2.05) is 17.9 Å². The summed E-state index contributed by atoms with van der Waals surface area (Å²) >= 11 is 0. The van der Waals surface area contributed by atoms with Crippen molar-refractivity contribution in [1.29, 1.82) is 0 Å². The minimum absolute atomic E-state index is 0.340. The molecule has 0 spiro atoms. The molecule has 0 aliphatic rings. The molecule has 0 saturated heterocycles. The monoisotopic (exact) mass is 229 g/mol. The summed E-state index contributed by atoms with van der Waals surface area (Å²) in [7, 11) is 1.98. The van der Waals surface area contributed by atoms with Gasteiger partial charge in [0.25, 0.3) is 0 Å². The van der Waals surface area contributed by atoms with E-state index >= 15 is 0 Å². The zero-order valence-corrected chi connectivity index (χ0v) is 10.4. The minimum atomic E-state index is 0.340. The van der Waals surface area contributed by atoms with E-state index in [0.29, 0.717) is 12.5 Å². The van der Waals surface area contributed by atoms with Crippen molar-refractivity contribution in [2.75, 3.05) is 6.54 Å². The zero-order chi connectivity index (χ0) is 12.3. The van der Waals surface area contributed by atoms with Gasteiger partial charge in [0, 0.05) is 24.9 Å². The number of nitrogens with zero attached hydrogens (tertiary/aromatic N) is 2. The fourth-order valence-electron chi connectivity index (χ4n) is 2.26. The Hall–Kier alpha value is -1.61. The quantitative estimate of drug-likeness (QED) is 0.873. The van der Waals surface area contributed by atoms with Gasteiger partial charge in [0.2, 0.25) is 0 Å². The molecule has 0 saturated carbocycles. The van der Waals surface area contributed by atoms with Crippen LogP contribution in [0.4, 0.5) is 0 Å². The molecule has 1 unspecified atom stereocenters. The van der Waals surface area contributed by atoms with Crippen molar-refractivity contribution in [1.82, 2.24) is 9.78 Å². The number of benzene rings is 1. The van der Waals surface area contributed by atoms with Crippen molar-refractivity contribution in [2.45, 2.75) is 19.3 Å². The number of hydrogen-bond acceptors (Lipinski definition) is 2. The molecule has 0 fully saturated rings. The summed E-state index contributed by atoms with van der Waals surface area (Å²) < 4.78 is 1.93. The largest absolute Gasteiger partial charge is 0.330 e. The standard InChI is InChI=1S/C14H19N3/c1-11-4-3-5-12(10-11)13(6-8-15)14-7-9-16-17(14)2/h3-5,7,9-10,13H,6,8,15H2,1-2H3. The van der Waals surface area contributed by atoms with E-state index in [1.165, 1.54) is 16.8 Å². The Morgan fingerprint density at radius 3 is 2.76 bits per heavy atom. The van der Waals surface area contributed by atoms with Crippen LogP contribution in [-0.2, 0) is 7.05 Å². The molecule has 0 amide bonds. The second-order valence-electron chi connectivity index (χ2n) is 4.42. The van der Waals surface area contributed by atoms with Crippen molar-refractivity contribution >= 4 is 0 Å². The van der Waals surface area contributed by atoms with Gasteiger partial charge < -0.3 is 5.73 Å². The van der Waals surface area contributed by atoms with E-state index in [4.69, 9.17) is 5.73 Å². The van der Waals surface area contributed by atoms with E-state index < -0.39 is 0 Å². The molecule has 1 aromatic carbocycles. The molecule has 1 atom stereocenters. The lowest BCUT2D eigenvalue weighted by Gasteiger charge is -2.17. The van der Waals surface area contributed by atoms with Gasteiger partial charge in [-0.05, 0) is 31.5 Å². The van der Waals surface area contributed by atoms with Crippen LogP contribution in [0.3, 0.4) is 0 Å². The molecule has 3 nitrogen and oxygen atoms in total. The van der Waals surface area contributed by atoms with Crippen molar-refractivity contribution < 1.29 is 0 Å². The van der Waals surface area contributed by atoms with Gasteiger partial charge in [-0.15, -0.1) is 0 Å². The van der Waals surface area contributed by atoms with Crippen LogP contribution in [0.15, 0.2) is 36.5 Å². The molecule has 0 bridgehead atoms. The van der Waals surface area contributed by atoms with E-state index in [2.05, 4.69) is 42.4 Å². The highest BCUT2D eigenvalue weighted by molar-refractivity contribution is 5.31. The Kier molecular flexibility index (Phi) is 3.59. The van der Waals surface area contributed by atoms with Crippen LogP contribution < -0.4 is 5.73 Å². The van der Waals surface area contributed by atoms with E-state index in [9.17, 15) is 0 Å². The lowest BCUT2D eigenvalue weighted by molar-refractivity contribution is 0.630. The Labute approximate surface area is 102 Å². The molecule has 17 heavy (non-hydrogen) atoms. The maximum absolute atomic E-state index is 5.73. The summed E-state index contributed by atoms with van der Waals surface area (Å²) in [4.78, 5) is 0. The first-order valence-electron chi connectivity index (χ1n) is 5.97. The second-order valence-corrected chi connectivity index (χ2v) is 4.42. The van der Waals surface area contributed by atoms with Crippen molar-refractivity contribution in [2.24, 2.45) is 12.8 Å². The van der Waals surface area contributed by atoms with Gasteiger partial charge in [-0.1, -0.05) is 29.8 Å². The van der Waals surface area contributed by atoms with Gasteiger partial charge in [0.1, 0.15) is 0 Å². The molecule has 1 aromatic heterocycles. The van der Waals surface area contributed by atoms with Gasteiger partial charge >= 0.3 is 0 Å². The molecule has 0 aliphatic carbocycles. The van der Waals surface area contributed by atoms with Gasteiger partial charge in [-0.3, -0.25) is 4.68 Å². The molecule has 2 rings (SSSR count). The number of nitrogens with two attached hydrogens (primary N) is 1. The van der Waals surface area contributed by atoms with Crippen LogP contribution in [0.25, 0.3) is 0 Å². The van der Waals surface area contributed by atoms with Crippen molar-refractivity contribution in [3.63, 3.8) is 0 Å². The number of aryl methyl sites for hydroxylation is 2. The van der Waals surface area contributed by atoms with Crippen molar-refractivity contribution in [3.8, 4) is 0 Å². The highest BCUT2D eigenvalue weighted by Crippen LogP contribution is 2.27. The zero-order valence-electron chi connectivity index (χ0n) is 10.4. The SMILES string of the molecule is Cc1cccc(C(CCN)c2ccnn2C)c1. The predicted molar refractivity (Wildman–Crippen MR) is 69.9 cm³/mol. The Morgan fingerprint density at radius 2 is 2.18 bits per heavy atom. The molecule has 0 radical (unpaired) electrons. The van der Waals surface area contributed by atoms with Crippen molar-refractivity contribution in [3.05, 3.63) is 53.3 Å². The first-order chi connectivity index (χ1) is 8.22. The third kappa shape index (κ3) is 2.56. The summed E-state index contributed by atoms with van der Waals surface area (Å²) in [6, 6.07) is 10.7. The topological polar surface area (TPSA) is 43.8 Å². The molecule has 90 valence electrons. The molecule has 2 aromatic rings. The first-order valence-corrected chi connectivity index (χ1v) is 5.97. The fourth-order valence-corrected chi connectivity index (χ4v) is 2.26. The first kappa shape index (κ1) is 11.9. The summed E-state index contributed by atoms with van der Waals surface area (Å²) in [5.74, 6) is 0.340. The normalized spacial score (nSPS) is 12.6. The molecule has 3 heteroatoms. The van der Waals surface area contributed by atoms with E-state index in [0.717, 1.165) is 6.42 Å². The average Bonchev–Trinajstić information content (AvgIpc) is 2.72. The Balaban J connectivity index is 2.39. The van der Waals surface area contributed by atoms with E-state index in [-0.39, 0.29) is 0 Å². The summed E-state index contributed by atoms with van der Waals surface area (Å²) in [5, 5.41) is 4.24. The molecular weight excluding hydrogens is 210 g/mol. The lowest BCUT2D eigenvalue weighted by atomic mass is 9.91. The Morgan fingerprint density at radius 1 is 1.35 bits per heavy atom. The second kappa shape index (κ2) is 5.15. The van der Waals surface area contributed by atoms with Crippen LogP contribution in [0, 0.1) is 6.92 Å². The van der Waals surface area contributed by atoms with Gasteiger partial charge in [-0.2, -0.15) is 5.10 Å². The lowest BCUT2D eigenvalue weighted by Crippen LogP contribution is -2.12. The minimum Gasteiger partial charge on any atom is -0.330 e. The molecule has 2 N–H and O–H groups in total. The summed E-state index contributed by atoms with van der Waals surface area (Å²) in [6.45, 7) is 2.80. The van der Waals surface area contributed by atoms with Gasteiger partial charge in [0.05, 0.1) is 0 Å². The van der Waals surface area contributed by atoms with Crippen LogP contribution in [0.2, 0.25) is 0 Å². The third-order valence-electron chi connectivity index (χ3n) is 3.12. The number of hydrogen-bond donors (Lipinski definition) is 1. The number of rotatable bonds is 4. The summed E-state index contributed by atoms with van der Waals surface area (Å²) in [5.41, 5.74) is 9.56. The average molecular weight is 229 g/mol. The van der Waals surface area contributed by atoms with Crippen LogP contribution in [0.1, 0.15) is 29.2 Å². The fraction of sp³-hybridized carbons (Fsp3) is 0.357. The maximum Gasteiger partial charge on any atom is 0.0492 e. The predicted octanol–water partition coefficient (Wildman–Crippen LogP) is 2.21. The van der Waals surface area contributed by atoms with Crippen LogP contribution in [-0.4, -0.2) is 16.3 Å². The number of aromatic nitrogens is 2. The van der Waals surface area contributed by atoms with Crippen LogP contribution in [0.5, 0.6) is 0 Å². The van der Waals surface area contributed by atoms with E-state index in [1.54, 1.807) is 0 Å². The Bertz CT molecular complexity index is 488. The highest BCUT2D eigenvalue weighted by atomic mass is 15.3. The highest BCUT2D eigenvalue weighted by Gasteiger charge is 2.16. The van der Waals surface area contributed by atoms with Crippen LogP contribution >= 0.6 is 0 Å². The summed E-state index contributed by atoms with van der Waals surface area (Å²) in [6.07, 6.45) is 2.79. The third-order valence-corrected chi connectivity index (χ3v) is 3.12.